The molecule has 0 unspecified atom stereocenters. The molecule has 0 spiro atoms. The maximum Gasteiger partial charge on any atom is 0.257 e. The third-order valence-electron chi connectivity index (χ3n) is 5.22. The summed E-state index contributed by atoms with van der Waals surface area (Å²) in [6, 6.07) is 13.3. The lowest BCUT2D eigenvalue weighted by Gasteiger charge is -2.26. The summed E-state index contributed by atoms with van der Waals surface area (Å²) in [5.74, 6) is -0.564. The first-order valence-electron chi connectivity index (χ1n) is 11.0. The van der Waals surface area contributed by atoms with Crippen LogP contribution in [0, 0.1) is 0 Å². The van der Waals surface area contributed by atoms with E-state index in [0.717, 1.165) is 21.6 Å². The van der Waals surface area contributed by atoms with E-state index < -0.39 is 15.9 Å². The number of sulfonamides is 1. The first-order valence-corrected chi connectivity index (χ1v) is 15.1. The van der Waals surface area contributed by atoms with Gasteiger partial charge in [0.05, 0.1) is 34.1 Å². The van der Waals surface area contributed by atoms with Gasteiger partial charge in [-0.2, -0.15) is 4.31 Å². The highest BCUT2D eigenvalue weighted by Gasteiger charge is 2.26. The molecule has 15 heteroatoms. The number of hydrogen-bond acceptors (Lipinski definition) is 11. The van der Waals surface area contributed by atoms with Crippen LogP contribution in [0.2, 0.25) is 0 Å². The smallest absolute Gasteiger partial charge is 0.257 e. The molecule has 0 radical (unpaired) electrons. The summed E-state index contributed by atoms with van der Waals surface area (Å²) < 4.78 is 33.5. The third-order valence-corrected chi connectivity index (χ3v) is 10.1. The van der Waals surface area contributed by atoms with Crippen molar-refractivity contribution >= 4 is 76.8 Å². The molecule has 37 heavy (non-hydrogen) atoms. The Hall–Kier alpha value is -2.95. The largest absolute Gasteiger partial charge is 0.379 e. The minimum absolute atomic E-state index is 0.109. The van der Waals surface area contributed by atoms with Crippen LogP contribution in [0.1, 0.15) is 10.4 Å². The van der Waals surface area contributed by atoms with Gasteiger partial charge in [-0.25, -0.2) is 13.4 Å². The van der Waals surface area contributed by atoms with E-state index in [1.807, 2.05) is 24.3 Å². The Bertz CT molecular complexity index is 1500. The number of thioether (sulfide) groups is 1. The van der Waals surface area contributed by atoms with Crippen molar-refractivity contribution in [1.82, 2.24) is 19.5 Å². The lowest BCUT2D eigenvalue weighted by Crippen LogP contribution is -2.40. The second kappa shape index (κ2) is 11.2. The van der Waals surface area contributed by atoms with Gasteiger partial charge in [0, 0.05) is 18.7 Å². The number of morpholine rings is 1. The van der Waals surface area contributed by atoms with Crippen LogP contribution in [0.15, 0.2) is 57.8 Å². The predicted molar refractivity (Wildman–Crippen MR) is 143 cm³/mol. The van der Waals surface area contributed by atoms with Crippen molar-refractivity contribution in [2.45, 2.75) is 9.24 Å². The van der Waals surface area contributed by atoms with Gasteiger partial charge in [-0.05, 0) is 36.4 Å². The van der Waals surface area contributed by atoms with E-state index in [4.69, 9.17) is 4.74 Å². The summed E-state index contributed by atoms with van der Waals surface area (Å²) in [6.45, 7) is 1.31. The number of anilines is 2. The highest BCUT2D eigenvalue weighted by atomic mass is 32.2. The minimum atomic E-state index is -3.64. The lowest BCUT2D eigenvalue weighted by molar-refractivity contribution is -0.113. The Labute approximate surface area is 224 Å². The molecule has 0 bridgehead atoms. The van der Waals surface area contributed by atoms with Gasteiger partial charge < -0.3 is 10.1 Å². The number of nitrogens with one attached hydrogen (secondary N) is 2. The van der Waals surface area contributed by atoms with Crippen LogP contribution in [0.25, 0.3) is 10.2 Å². The van der Waals surface area contributed by atoms with Gasteiger partial charge in [0.2, 0.25) is 21.1 Å². The Morgan fingerprint density at radius 2 is 1.73 bits per heavy atom. The van der Waals surface area contributed by atoms with Crippen LogP contribution < -0.4 is 10.6 Å². The molecule has 0 saturated carbocycles. The van der Waals surface area contributed by atoms with Crippen molar-refractivity contribution in [3.05, 3.63) is 54.1 Å². The van der Waals surface area contributed by atoms with Gasteiger partial charge in [0.25, 0.3) is 5.91 Å². The van der Waals surface area contributed by atoms with Gasteiger partial charge in [-0.15, -0.1) is 10.2 Å². The lowest BCUT2D eigenvalue weighted by atomic mass is 10.2. The first-order chi connectivity index (χ1) is 17.9. The molecule has 1 aliphatic heterocycles. The van der Waals surface area contributed by atoms with Crippen LogP contribution in [0.4, 0.5) is 10.3 Å². The third kappa shape index (κ3) is 6.14. The standard InChI is InChI=1S/C22H20N6O5S4/c29-18(24-20-23-16-3-1-2-4-17(16)35-20)13-34-22-27-26-21(36-22)25-19(30)14-5-7-15(8-6-14)37(31,32)28-9-11-33-12-10-28/h1-8H,9-13H2,(H,23,24,29)(H,25,26,30). The highest BCUT2D eigenvalue weighted by Crippen LogP contribution is 2.28. The quantitative estimate of drug-likeness (QED) is 0.239. The molecule has 11 nitrogen and oxygen atoms in total. The average molecular weight is 577 g/mol. The summed E-state index contributed by atoms with van der Waals surface area (Å²) in [6.07, 6.45) is 0. The number of ether oxygens (including phenoxy) is 1. The normalized spacial score (nSPS) is 14.5. The van der Waals surface area contributed by atoms with E-state index in [2.05, 4.69) is 25.8 Å². The zero-order valence-electron chi connectivity index (χ0n) is 19.1. The molecule has 1 saturated heterocycles. The molecule has 3 heterocycles. The van der Waals surface area contributed by atoms with Crippen LogP contribution >= 0.6 is 34.4 Å². The molecule has 2 amide bonds. The molecule has 0 atom stereocenters. The van der Waals surface area contributed by atoms with Crippen molar-refractivity contribution in [3.63, 3.8) is 0 Å². The monoisotopic (exact) mass is 576 g/mol. The Balaban J connectivity index is 1.13. The molecule has 1 aliphatic rings. The van der Waals surface area contributed by atoms with Crippen LogP contribution in [-0.4, -0.2) is 71.8 Å². The van der Waals surface area contributed by atoms with E-state index in [1.165, 1.54) is 51.7 Å². The number of rotatable bonds is 8. The van der Waals surface area contributed by atoms with E-state index in [0.29, 0.717) is 35.8 Å². The van der Waals surface area contributed by atoms with E-state index in [1.54, 1.807) is 0 Å². The van der Waals surface area contributed by atoms with Gasteiger partial charge in [0.1, 0.15) is 0 Å². The van der Waals surface area contributed by atoms with Gasteiger partial charge in [-0.1, -0.05) is 46.6 Å². The maximum atomic E-state index is 12.7. The van der Waals surface area contributed by atoms with Crippen molar-refractivity contribution in [1.29, 1.82) is 0 Å². The maximum absolute atomic E-state index is 12.7. The second-order valence-corrected chi connectivity index (χ2v) is 12.9. The van der Waals surface area contributed by atoms with Crippen molar-refractivity contribution in [3.8, 4) is 0 Å². The van der Waals surface area contributed by atoms with Gasteiger partial charge in [-0.3, -0.25) is 14.9 Å². The van der Waals surface area contributed by atoms with E-state index >= 15 is 0 Å². The Kier molecular flexibility index (Phi) is 7.78. The van der Waals surface area contributed by atoms with Crippen molar-refractivity contribution < 1.29 is 22.7 Å². The molecule has 0 aliphatic carbocycles. The number of aromatic nitrogens is 3. The molecular weight excluding hydrogens is 557 g/mol. The van der Waals surface area contributed by atoms with E-state index in [9.17, 15) is 18.0 Å². The van der Waals surface area contributed by atoms with Crippen LogP contribution in [0.5, 0.6) is 0 Å². The molecule has 1 fully saturated rings. The van der Waals surface area contributed by atoms with Crippen molar-refractivity contribution in [2.24, 2.45) is 0 Å². The Morgan fingerprint density at radius 3 is 2.49 bits per heavy atom. The fourth-order valence-electron chi connectivity index (χ4n) is 3.41. The predicted octanol–water partition coefficient (Wildman–Crippen LogP) is 3.15. The molecule has 2 aromatic heterocycles. The number of benzene rings is 2. The summed E-state index contributed by atoms with van der Waals surface area (Å²) in [5.41, 5.74) is 1.11. The molecule has 192 valence electrons. The molecule has 2 N–H and O–H groups in total. The summed E-state index contributed by atoms with van der Waals surface area (Å²) in [7, 11) is -3.64. The SMILES string of the molecule is O=C(CSc1nnc(NC(=O)c2ccc(S(=O)(=O)N3CCOCC3)cc2)s1)Nc1nc2ccccc2s1. The number of thiazole rings is 1. The number of para-hydroxylation sites is 1. The number of carbonyl (C=O) groups is 2. The number of hydrogen-bond donors (Lipinski definition) is 2. The van der Waals surface area contributed by atoms with Crippen LogP contribution in [-0.2, 0) is 19.6 Å². The fourth-order valence-corrected chi connectivity index (χ4v) is 7.25. The molecule has 2 aromatic carbocycles. The molecule has 5 rings (SSSR count). The summed E-state index contributed by atoms with van der Waals surface area (Å²) in [4.78, 5) is 29.4. The average Bonchev–Trinajstić information content (AvgIpc) is 3.54. The zero-order valence-corrected chi connectivity index (χ0v) is 22.4. The van der Waals surface area contributed by atoms with Gasteiger partial charge >= 0.3 is 0 Å². The number of carbonyl (C=O) groups excluding carboxylic acids is 2. The molecule has 4 aromatic rings. The first kappa shape index (κ1) is 25.7. The zero-order chi connectivity index (χ0) is 25.8. The second-order valence-electron chi connectivity index (χ2n) is 7.69. The van der Waals surface area contributed by atoms with Crippen molar-refractivity contribution in [2.75, 3.05) is 42.7 Å². The van der Waals surface area contributed by atoms with E-state index in [-0.39, 0.29) is 27.3 Å². The minimum Gasteiger partial charge on any atom is -0.379 e. The summed E-state index contributed by atoms with van der Waals surface area (Å²) >= 11 is 3.73. The number of nitrogens with zero attached hydrogens (tertiary/aromatic N) is 4. The fraction of sp³-hybridized carbons (Fsp3) is 0.227. The summed E-state index contributed by atoms with van der Waals surface area (Å²) in [5, 5.41) is 14.2. The van der Waals surface area contributed by atoms with Crippen LogP contribution in [0.3, 0.4) is 0 Å². The highest BCUT2D eigenvalue weighted by molar-refractivity contribution is 8.01. The topological polar surface area (TPSA) is 143 Å². The molecular formula is C22H20N6O5S4. The Morgan fingerprint density at radius 1 is 0.973 bits per heavy atom. The number of fused-ring (bicyclic) bond motifs is 1. The number of amides is 2. The van der Waals surface area contributed by atoms with Gasteiger partial charge in [0.15, 0.2) is 9.47 Å².